The Hall–Kier alpha value is -0.370. The Morgan fingerprint density at radius 2 is 1.38 bits per heavy atom. The largest absolute Gasteiger partial charge is 0.396 e. The third-order valence-electron chi connectivity index (χ3n) is 13.8. The minimum atomic E-state index is 0.159. The first-order valence-electron chi connectivity index (χ1n) is 13.9. The van der Waals surface area contributed by atoms with Crippen molar-refractivity contribution >= 4 is 5.78 Å². The van der Waals surface area contributed by atoms with E-state index in [4.69, 9.17) is 0 Å². The van der Waals surface area contributed by atoms with Gasteiger partial charge in [0, 0.05) is 18.9 Å². The summed E-state index contributed by atoms with van der Waals surface area (Å²) >= 11 is 0. The fraction of sp³-hybridized carbons (Fsp3) is 0.967. The van der Waals surface area contributed by atoms with Crippen LogP contribution in [-0.4, -0.2) is 17.5 Å². The SMILES string of the molecule is C[C@H]1C(=O)CC[C@H]2[C@]3(C)CC[C@@]4(C)[C@H]5CC(C)(C)CC[C@]5(CO)CC[C@]4(C)[C@@H]3CC[C@@]21C. The average molecular weight is 443 g/mol. The Bertz CT molecular complexity index is 801. The molecule has 5 aliphatic carbocycles. The minimum absolute atomic E-state index is 0.159. The van der Waals surface area contributed by atoms with Gasteiger partial charge in [0.1, 0.15) is 5.78 Å². The molecule has 5 aliphatic rings. The van der Waals surface area contributed by atoms with Crippen molar-refractivity contribution in [1.29, 1.82) is 0 Å². The number of ketones is 1. The van der Waals surface area contributed by atoms with Crippen molar-refractivity contribution in [1.82, 2.24) is 0 Å². The van der Waals surface area contributed by atoms with Gasteiger partial charge in [-0.1, -0.05) is 48.5 Å². The van der Waals surface area contributed by atoms with E-state index in [2.05, 4.69) is 48.5 Å². The van der Waals surface area contributed by atoms with Crippen molar-refractivity contribution in [2.75, 3.05) is 6.61 Å². The Kier molecular flexibility index (Phi) is 5.01. The van der Waals surface area contributed by atoms with Crippen molar-refractivity contribution in [2.24, 2.45) is 56.2 Å². The molecule has 0 amide bonds. The third kappa shape index (κ3) is 2.71. The number of Topliss-reactive ketones (excluding diaryl/α,β-unsaturated/α-hetero) is 1. The molecule has 5 saturated carbocycles. The van der Waals surface area contributed by atoms with Gasteiger partial charge in [0.25, 0.3) is 0 Å². The van der Waals surface area contributed by atoms with Gasteiger partial charge in [0.05, 0.1) is 0 Å². The van der Waals surface area contributed by atoms with Crippen LogP contribution in [0.3, 0.4) is 0 Å². The van der Waals surface area contributed by atoms with E-state index in [0.717, 1.165) is 18.8 Å². The zero-order valence-electron chi connectivity index (χ0n) is 22.2. The molecular weight excluding hydrogens is 392 g/mol. The molecule has 0 heterocycles. The highest BCUT2D eigenvalue weighted by Crippen LogP contribution is 2.78. The van der Waals surface area contributed by atoms with Crippen LogP contribution in [0, 0.1) is 56.2 Å². The van der Waals surface area contributed by atoms with Gasteiger partial charge in [-0.3, -0.25) is 4.79 Å². The summed E-state index contributed by atoms with van der Waals surface area (Å²) < 4.78 is 0. The molecule has 0 aromatic rings. The van der Waals surface area contributed by atoms with E-state index in [-0.39, 0.29) is 16.7 Å². The van der Waals surface area contributed by atoms with Crippen LogP contribution in [-0.2, 0) is 4.79 Å². The number of carbonyl (C=O) groups is 1. The Labute approximate surface area is 197 Å². The van der Waals surface area contributed by atoms with E-state index >= 15 is 0 Å². The second-order valence-electron chi connectivity index (χ2n) is 15.2. The predicted octanol–water partition coefficient (Wildman–Crippen LogP) is 7.43. The summed E-state index contributed by atoms with van der Waals surface area (Å²) in [6, 6.07) is 0. The molecule has 2 heteroatoms. The Morgan fingerprint density at radius 1 is 0.750 bits per heavy atom. The second-order valence-corrected chi connectivity index (χ2v) is 15.2. The summed E-state index contributed by atoms with van der Waals surface area (Å²) in [5.74, 6) is 2.84. The van der Waals surface area contributed by atoms with Crippen LogP contribution in [0.2, 0.25) is 0 Å². The Morgan fingerprint density at radius 3 is 2.06 bits per heavy atom. The van der Waals surface area contributed by atoms with Crippen molar-refractivity contribution in [2.45, 2.75) is 119 Å². The first-order valence-corrected chi connectivity index (χ1v) is 13.9. The Balaban J connectivity index is 1.55. The van der Waals surface area contributed by atoms with Gasteiger partial charge in [0.15, 0.2) is 0 Å². The molecule has 0 radical (unpaired) electrons. The van der Waals surface area contributed by atoms with Gasteiger partial charge in [-0.05, 0) is 114 Å². The molecule has 0 aliphatic heterocycles. The lowest BCUT2D eigenvalue weighted by Gasteiger charge is -2.75. The van der Waals surface area contributed by atoms with Crippen LogP contribution in [0.1, 0.15) is 119 Å². The summed E-state index contributed by atoms with van der Waals surface area (Å²) in [5.41, 5.74) is 1.78. The molecule has 5 rings (SSSR count). The van der Waals surface area contributed by atoms with Crippen molar-refractivity contribution < 1.29 is 9.90 Å². The molecule has 0 aromatic heterocycles. The van der Waals surface area contributed by atoms with E-state index in [1.165, 1.54) is 57.8 Å². The number of fused-ring (bicyclic) bond motifs is 7. The van der Waals surface area contributed by atoms with Crippen molar-refractivity contribution in [3.8, 4) is 0 Å². The summed E-state index contributed by atoms with van der Waals surface area (Å²) in [6.45, 7) is 18.0. The lowest BCUT2D eigenvalue weighted by Crippen LogP contribution is -2.68. The maximum absolute atomic E-state index is 12.7. The molecular formula is C30H50O2. The standard InChI is InChI=1S/C30H50O2/c1-20-21(32)8-9-22-26(20,4)11-10-23-27(22,5)13-14-29(7)24-18-25(2,3)12-16-30(24,19-31)17-15-28(23,29)6/h20,22-24,31H,8-19H2,1-7H3/t20-,22+,23+,24+,26+,27-,28+,29-,30+/m0/s1. The fourth-order valence-corrected chi connectivity index (χ4v) is 11.3. The van der Waals surface area contributed by atoms with Gasteiger partial charge in [-0.25, -0.2) is 0 Å². The molecule has 32 heavy (non-hydrogen) atoms. The summed E-state index contributed by atoms with van der Waals surface area (Å²) in [6.07, 6.45) is 13.4. The summed E-state index contributed by atoms with van der Waals surface area (Å²) in [4.78, 5) is 12.7. The van der Waals surface area contributed by atoms with E-state index in [1.54, 1.807) is 0 Å². The number of carbonyl (C=O) groups excluding carboxylic acids is 1. The molecule has 2 nitrogen and oxygen atoms in total. The zero-order chi connectivity index (χ0) is 23.4. The van der Waals surface area contributed by atoms with Crippen LogP contribution in [0.25, 0.3) is 0 Å². The number of aliphatic hydroxyl groups excluding tert-OH is 1. The average Bonchev–Trinajstić information content (AvgIpc) is 2.73. The number of aliphatic hydroxyl groups is 1. The molecule has 0 unspecified atom stereocenters. The second kappa shape index (κ2) is 6.86. The van der Waals surface area contributed by atoms with Crippen LogP contribution >= 0.6 is 0 Å². The third-order valence-corrected chi connectivity index (χ3v) is 13.8. The van der Waals surface area contributed by atoms with E-state index in [9.17, 15) is 9.90 Å². The van der Waals surface area contributed by atoms with Crippen LogP contribution in [0.5, 0.6) is 0 Å². The molecule has 0 saturated heterocycles. The summed E-state index contributed by atoms with van der Waals surface area (Å²) in [5, 5.41) is 10.7. The highest BCUT2D eigenvalue weighted by Gasteiger charge is 2.71. The molecule has 0 bridgehead atoms. The van der Waals surface area contributed by atoms with Gasteiger partial charge in [-0.2, -0.15) is 0 Å². The number of hydrogen-bond acceptors (Lipinski definition) is 2. The number of rotatable bonds is 1. The quantitative estimate of drug-likeness (QED) is 0.458. The molecule has 1 N–H and O–H groups in total. The van der Waals surface area contributed by atoms with Crippen LogP contribution in [0.15, 0.2) is 0 Å². The highest BCUT2D eigenvalue weighted by atomic mass is 16.3. The first-order chi connectivity index (χ1) is 14.8. The topological polar surface area (TPSA) is 37.3 Å². The van der Waals surface area contributed by atoms with Gasteiger partial charge in [0.2, 0.25) is 0 Å². The predicted molar refractivity (Wildman–Crippen MR) is 131 cm³/mol. The zero-order valence-corrected chi connectivity index (χ0v) is 22.2. The molecule has 9 atom stereocenters. The van der Waals surface area contributed by atoms with Gasteiger partial charge < -0.3 is 5.11 Å². The highest BCUT2D eigenvalue weighted by molar-refractivity contribution is 5.82. The number of hydrogen-bond donors (Lipinski definition) is 1. The van der Waals surface area contributed by atoms with E-state index in [0.29, 0.717) is 45.9 Å². The van der Waals surface area contributed by atoms with Crippen LogP contribution < -0.4 is 0 Å². The lowest BCUT2D eigenvalue weighted by molar-refractivity contribution is -0.263. The maximum atomic E-state index is 12.7. The van der Waals surface area contributed by atoms with Crippen molar-refractivity contribution in [3.05, 3.63) is 0 Å². The minimum Gasteiger partial charge on any atom is -0.396 e. The molecule has 5 fully saturated rings. The van der Waals surface area contributed by atoms with E-state index < -0.39 is 0 Å². The normalized spacial score (nSPS) is 57.1. The fourth-order valence-electron chi connectivity index (χ4n) is 11.3. The lowest BCUT2D eigenvalue weighted by atomic mass is 9.30. The first kappa shape index (κ1) is 23.4. The van der Waals surface area contributed by atoms with Gasteiger partial charge in [-0.15, -0.1) is 0 Å². The van der Waals surface area contributed by atoms with Gasteiger partial charge >= 0.3 is 0 Å². The maximum Gasteiger partial charge on any atom is 0.136 e. The van der Waals surface area contributed by atoms with Crippen molar-refractivity contribution in [3.63, 3.8) is 0 Å². The van der Waals surface area contributed by atoms with Crippen LogP contribution in [0.4, 0.5) is 0 Å². The molecule has 0 spiro atoms. The summed E-state index contributed by atoms with van der Waals surface area (Å²) in [7, 11) is 0. The monoisotopic (exact) mass is 442 g/mol. The molecule has 0 aromatic carbocycles. The van der Waals surface area contributed by atoms with E-state index in [1.807, 2.05) is 0 Å². The smallest absolute Gasteiger partial charge is 0.136 e. The molecule has 182 valence electrons.